The third-order valence-electron chi connectivity index (χ3n) is 4.31. The number of methoxy groups -OCH3 is 2. The van der Waals surface area contributed by atoms with Crippen LogP contribution in [-0.2, 0) is 0 Å². The molecule has 0 aliphatic carbocycles. The average molecular weight is 394 g/mol. The fourth-order valence-electron chi connectivity index (χ4n) is 3.07. The van der Waals surface area contributed by atoms with Crippen LogP contribution in [-0.4, -0.2) is 19.2 Å². The lowest BCUT2D eigenvalue weighted by Crippen LogP contribution is -1.90. The van der Waals surface area contributed by atoms with Crippen LogP contribution in [0.25, 0.3) is 31.6 Å². The highest BCUT2D eigenvalue weighted by Gasteiger charge is 2.12. The molecule has 0 saturated heterocycles. The zero-order chi connectivity index (χ0) is 18.6. The molecule has 1 N–H and O–H groups in total. The maximum Gasteiger partial charge on any atom is 0.184 e. The molecule has 5 rings (SSSR count). The van der Waals surface area contributed by atoms with Crippen molar-refractivity contribution in [3.63, 3.8) is 0 Å². The number of hydrogen-bond donors (Lipinski definition) is 1. The van der Waals surface area contributed by atoms with Gasteiger partial charge in [-0.05, 0) is 41.1 Å². The largest absolute Gasteiger partial charge is 0.493 e. The topological polar surface area (TPSA) is 34.2 Å². The molecule has 0 aliphatic heterocycles. The van der Waals surface area contributed by atoms with Crippen LogP contribution >= 0.6 is 22.7 Å². The van der Waals surface area contributed by atoms with Crippen molar-refractivity contribution in [2.24, 2.45) is 0 Å². The van der Waals surface area contributed by atoms with Crippen molar-refractivity contribution in [2.75, 3.05) is 14.2 Å². The number of benzene rings is 2. The van der Waals surface area contributed by atoms with Crippen molar-refractivity contribution in [1.29, 1.82) is 0 Å². The number of ether oxygens (including phenoxy) is 2. The third kappa shape index (κ3) is 3.44. The summed E-state index contributed by atoms with van der Waals surface area (Å²) in [6, 6.07) is 20.7. The molecule has 0 fully saturated rings. The van der Waals surface area contributed by atoms with Crippen molar-refractivity contribution in [3.8, 4) is 21.3 Å². The summed E-state index contributed by atoms with van der Waals surface area (Å²) in [5.74, 6) is 1.49. The Kier molecular flexibility index (Phi) is 5.14. The molecule has 2 aromatic carbocycles. The maximum absolute atomic E-state index is 5.42. The van der Waals surface area contributed by atoms with E-state index in [0.29, 0.717) is 0 Å². The molecule has 3 aromatic heterocycles. The summed E-state index contributed by atoms with van der Waals surface area (Å²) >= 11 is 3.58. The quantitative estimate of drug-likeness (QED) is 0.365. The molecule has 0 unspecified atom stereocenters. The number of nitrogens with one attached hydrogen (secondary N) is 1. The van der Waals surface area contributed by atoms with E-state index in [9.17, 15) is 0 Å². The molecule has 0 atom stereocenters. The highest BCUT2D eigenvalue weighted by atomic mass is 32.1. The number of aromatic nitrogens is 1. The van der Waals surface area contributed by atoms with Gasteiger partial charge in [-0.2, -0.15) is 0 Å². The lowest BCUT2D eigenvalue weighted by molar-refractivity contribution is 0.358. The predicted octanol–water partition coefficient (Wildman–Crippen LogP) is 6.81. The molecule has 5 aromatic rings. The monoisotopic (exact) mass is 393 g/mol. The molecule has 0 saturated carbocycles. The first kappa shape index (κ1) is 17.6. The summed E-state index contributed by atoms with van der Waals surface area (Å²) < 4.78 is 10.7. The second kappa shape index (κ2) is 7.86. The van der Waals surface area contributed by atoms with Crippen LogP contribution < -0.4 is 9.47 Å². The minimum atomic E-state index is 0.742. The van der Waals surface area contributed by atoms with Gasteiger partial charge in [0.15, 0.2) is 11.5 Å². The molecule has 27 heavy (non-hydrogen) atoms. The Labute approximate surface area is 165 Å². The van der Waals surface area contributed by atoms with Crippen molar-refractivity contribution >= 4 is 44.5 Å². The van der Waals surface area contributed by atoms with E-state index in [1.807, 2.05) is 18.2 Å². The van der Waals surface area contributed by atoms with E-state index >= 15 is 0 Å². The summed E-state index contributed by atoms with van der Waals surface area (Å²) in [5, 5.41) is 6.56. The van der Waals surface area contributed by atoms with Gasteiger partial charge in [0.1, 0.15) is 0 Å². The Balaban J connectivity index is 0.000000153. The fraction of sp³-hybridized carbons (Fsp3) is 0.0909. The van der Waals surface area contributed by atoms with Crippen molar-refractivity contribution in [1.82, 2.24) is 4.98 Å². The highest BCUT2D eigenvalue weighted by molar-refractivity contribution is 7.20. The number of hydrogen-bond acceptors (Lipinski definition) is 4. The molecule has 0 bridgehead atoms. The van der Waals surface area contributed by atoms with E-state index in [4.69, 9.17) is 9.47 Å². The number of thiophene rings is 2. The molecule has 5 heteroatoms. The van der Waals surface area contributed by atoms with Gasteiger partial charge in [0.2, 0.25) is 0 Å². The van der Waals surface area contributed by atoms with E-state index in [0.717, 1.165) is 27.9 Å². The van der Waals surface area contributed by atoms with Gasteiger partial charge in [0.25, 0.3) is 0 Å². The SMILES string of the molecule is COc1ccc2c([nH]c3ccccc32)c1OC.c1csc(-c2cccs2)c1. The van der Waals surface area contributed by atoms with Crippen LogP contribution in [0, 0.1) is 0 Å². The molecule has 0 aliphatic rings. The summed E-state index contributed by atoms with van der Waals surface area (Å²) in [6.45, 7) is 0. The molecule has 3 nitrogen and oxygen atoms in total. The molecule has 0 spiro atoms. The normalized spacial score (nSPS) is 10.6. The van der Waals surface area contributed by atoms with Gasteiger partial charge in [0, 0.05) is 26.0 Å². The minimum absolute atomic E-state index is 0.742. The zero-order valence-corrected chi connectivity index (χ0v) is 16.7. The Morgan fingerprint density at radius 1 is 0.704 bits per heavy atom. The first-order valence-electron chi connectivity index (χ1n) is 8.50. The zero-order valence-electron chi connectivity index (χ0n) is 15.1. The van der Waals surface area contributed by atoms with Gasteiger partial charge in [0.05, 0.1) is 19.7 Å². The molecule has 0 radical (unpaired) electrons. The Hall–Kier alpha value is -2.76. The van der Waals surface area contributed by atoms with Crippen molar-refractivity contribution in [2.45, 2.75) is 0 Å². The highest BCUT2D eigenvalue weighted by Crippen LogP contribution is 2.38. The average Bonchev–Trinajstić information content (AvgIpc) is 3.47. The first-order valence-corrected chi connectivity index (χ1v) is 10.3. The minimum Gasteiger partial charge on any atom is -0.493 e. The number of aromatic amines is 1. The fourth-order valence-corrected chi connectivity index (χ4v) is 4.65. The number of para-hydroxylation sites is 1. The van der Waals surface area contributed by atoms with Crippen LogP contribution in [0.2, 0.25) is 0 Å². The Morgan fingerprint density at radius 3 is 2.00 bits per heavy atom. The summed E-state index contributed by atoms with van der Waals surface area (Å²) in [6.07, 6.45) is 0. The third-order valence-corrected chi connectivity index (χ3v) is 6.24. The van der Waals surface area contributed by atoms with Crippen LogP contribution in [0.4, 0.5) is 0 Å². The van der Waals surface area contributed by atoms with E-state index in [-0.39, 0.29) is 0 Å². The lowest BCUT2D eigenvalue weighted by atomic mass is 10.1. The Morgan fingerprint density at radius 2 is 1.41 bits per heavy atom. The molecule has 136 valence electrons. The smallest absolute Gasteiger partial charge is 0.184 e. The van der Waals surface area contributed by atoms with Crippen LogP contribution in [0.3, 0.4) is 0 Å². The second-order valence-corrected chi connectivity index (χ2v) is 7.74. The number of H-pyrrole nitrogens is 1. The van der Waals surface area contributed by atoms with Gasteiger partial charge >= 0.3 is 0 Å². The molecule has 3 heterocycles. The van der Waals surface area contributed by atoms with Gasteiger partial charge in [-0.1, -0.05) is 30.3 Å². The lowest BCUT2D eigenvalue weighted by Gasteiger charge is -2.07. The summed E-state index contributed by atoms with van der Waals surface area (Å²) in [4.78, 5) is 6.11. The van der Waals surface area contributed by atoms with Gasteiger partial charge < -0.3 is 14.5 Å². The first-order chi connectivity index (χ1) is 13.3. The predicted molar refractivity (Wildman–Crippen MR) is 117 cm³/mol. The standard InChI is InChI=1S/C14H13NO2.C8H6S2/c1-16-12-8-7-10-9-5-3-4-6-11(9)15-13(10)14(12)17-2;1-3-7(9-5-1)8-4-2-6-10-8/h3-8,15H,1-2H3;1-6H. The maximum atomic E-state index is 5.42. The van der Waals surface area contributed by atoms with Crippen LogP contribution in [0.5, 0.6) is 11.5 Å². The van der Waals surface area contributed by atoms with Gasteiger partial charge in [-0.3, -0.25) is 0 Å². The van der Waals surface area contributed by atoms with E-state index < -0.39 is 0 Å². The number of rotatable bonds is 3. The Bertz CT molecular complexity index is 1110. The summed E-state index contributed by atoms with van der Waals surface area (Å²) in [5.41, 5.74) is 2.09. The van der Waals surface area contributed by atoms with Gasteiger partial charge in [-0.25, -0.2) is 0 Å². The number of fused-ring (bicyclic) bond motifs is 3. The van der Waals surface area contributed by atoms with Crippen LogP contribution in [0.1, 0.15) is 0 Å². The summed E-state index contributed by atoms with van der Waals surface area (Å²) in [7, 11) is 3.30. The molecular formula is C22H19NO2S2. The van der Waals surface area contributed by atoms with Crippen molar-refractivity contribution < 1.29 is 9.47 Å². The van der Waals surface area contributed by atoms with Gasteiger partial charge in [-0.15, -0.1) is 22.7 Å². The van der Waals surface area contributed by atoms with Crippen LogP contribution in [0.15, 0.2) is 71.4 Å². The molecular weight excluding hydrogens is 374 g/mol. The van der Waals surface area contributed by atoms with Crippen molar-refractivity contribution in [3.05, 3.63) is 71.4 Å². The van der Waals surface area contributed by atoms with E-state index in [1.165, 1.54) is 15.1 Å². The van der Waals surface area contributed by atoms with E-state index in [1.54, 1.807) is 36.9 Å². The van der Waals surface area contributed by atoms with E-state index in [2.05, 4.69) is 58.2 Å². The second-order valence-electron chi connectivity index (χ2n) is 5.85. The molecule has 0 amide bonds.